The molecule has 0 spiro atoms. The number of carbonyl (C=O) groups excluding carboxylic acids is 3. The van der Waals surface area contributed by atoms with Gasteiger partial charge in [0.2, 0.25) is 5.91 Å². The first-order valence-corrected chi connectivity index (χ1v) is 10.8. The molecular formula is C16H20N6O7S2. The number of nitrogens with two attached hydrogens (primary N) is 1. The van der Waals surface area contributed by atoms with Gasteiger partial charge in [-0.25, -0.2) is 14.6 Å². The maximum atomic E-state index is 12.7. The largest absolute Gasteiger partial charge is 0.480 e. The number of aliphatic carboxylic acids is 1. The van der Waals surface area contributed by atoms with Crippen LogP contribution in [0.15, 0.2) is 10.5 Å². The molecule has 0 aliphatic carbocycles. The van der Waals surface area contributed by atoms with Gasteiger partial charge in [-0.1, -0.05) is 5.16 Å². The summed E-state index contributed by atoms with van der Waals surface area (Å²) in [4.78, 5) is 54.9. The molecule has 3 rings (SSSR count). The van der Waals surface area contributed by atoms with Crippen molar-refractivity contribution in [2.24, 2.45) is 11.1 Å². The SMILES string of the molecule is CN(C)C(=O)OCC1CSC2C(NC(=O)/C(=N/O)c3csc(N)n3)C(=O)N2C1C(=O)O. The molecule has 15 heteroatoms. The van der Waals surface area contributed by atoms with Crippen molar-refractivity contribution < 1.29 is 34.2 Å². The van der Waals surface area contributed by atoms with Crippen molar-refractivity contribution in [1.82, 2.24) is 20.1 Å². The zero-order valence-electron chi connectivity index (χ0n) is 16.4. The van der Waals surface area contributed by atoms with Crippen molar-refractivity contribution in [2.45, 2.75) is 17.5 Å². The number of hydrogen-bond donors (Lipinski definition) is 4. The molecule has 13 nitrogen and oxygen atoms in total. The second-order valence-electron chi connectivity index (χ2n) is 6.95. The van der Waals surface area contributed by atoms with Crippen LogP contribution in [0.5, 0.6) is 0 Å². The van der Waals surface area contributed by atoms with Gasteiger partial charge in [0, 0.05) is 31.1 Å². The number of nitrogens with one attached hydrogen (secondary N) is 1. The smallest absolute Gasteiger partial charge is 0.409 e. The summed E-state index contributed by atoms with van der Waals surface area (Å²) in [7, 11) is 3.00. The fourth-order valence-electron chi connectivity index (χ4n) is 3.22. The first-order chi connectivity index (χ1) is 14.6. The number of hydrogen-bond acceptors (Lipinski definition) is 11. The van der Waals surface area contributed by atoms with Crippen LogP contribution >= 0.6 is 23.1 Å². The molecule has 1 aromatic heterocycles. The lowest BCUT2D eigenvalue weighted by Gasteiger charge is -2.54. The third-order valence-electron chi connectivity index (χ3n) is 4.71. The third-order valence-corrected chi connectivity index (χ3v) is 6.85. The highest BCUT2D eigenvalue weighted by Crippen LogP contribution is 2.40. The molecular weight excluding hydrogens is 452 g/mol. The number of β-lactam (4-membered cyclic amide) rings is 1. The number of thiazole rings is 1. The number of nitrogen functional groups attached to an aromatic ring is 1. The molecule has 3 amide bonds. The number of carbonyl (C=O) groups is 4. The van der Waals surface area contributed by atoms with E-state index in [1.54, 1.807) is 0 Å². The molecule has 2 aliphatic rings. The van der Waals surface area contributed by atoms with Crippen molar-refractivity contribution in [2.75, 3.05) is 32.2 Å². The first kappa shape index (κ1) is 22.6. The molecule has 4 atom stereocenters. The highest BCUT2D eigenvalue weighted by atomic mass is 32.2. The number of anilines is 1. The number of nitrogens with zero attached hydrogens (tertiary/aromatic N) is 4. The van der Waals surface area contributed by atoms with E-state index in [1.807, 2.05) is 0 Å². The molecule has 0 aromatic carbocycles. The first-order valence-electron chi connectivity index (χ1n) is 8.90. The van der Waals surface area contributed by atoms with Gasteiger partial charge in [-0.3, -0.25) is 9.59 Å². The van der Waals surface area contributed by atoms with Crippen LogP contribution in [-0.2, 0) is 19.1 Å². The molecule has 0 bridgehead atoms. The van der Waals surface area contributed by atoms with Gasteiger partial charge in [-0.05, 0) is 0 Å². The van der Waals surface area contributed by atoms with Crippen LogP contribution < -0.4 is 11.1 Å². The van der Waals surface area contributed by atoms with Crippen LogP contribution in [0.3, 0.4) is 0 Å². The number of carboxylic acid groups (broad SMARTS) is 1. The fourth-order valence-corrected chi connectivity index (χ4v) is 5.26. The summed E-state index contributed by atoms with van der Waals surface area (Å²) >= 11 is 2.31. The van der Waals surface area contributed by atoms with Gasteiger partial charge in [0.05, 0.1) is 6.61 Å². The summed E-state index contributed by atoms with van der Waals surface area (Å²) in [5.41, 5.74) is 5.16. The standard InChI is InChI=1S/C16H20N6O7S2/c1-21(2)16(27)29-3-6-4-30-13-9(12(24)22(13)10(6)14(25)26)19-11(23)8(20-28)7-5-31-15(17)18-7/h5-6,9-10,13,28H,3-4H2,1-2H3,(H2,17,18)(H,19,23)(H,25,26)/b20-8+. The van der Waals surface area contributed by atoms with Gasteiger partial charge in [0.15, 0.2) is 10.8 Å². The van der Waals surface area contributed by atoms with Crippen LogP contribution in [0.1, 0.15) is 5.69 Å². The van der Waals surface area contributed by atoms with E-state index < -0.39 is 53.0 Å². The fraction of sp³-hybridized carbons (Fsp3) is 0.500. The molecule has 0 saturated carbocycles. The van der Waals surface area contributed by atoms with Gasteiger partial charge in [-0.2, -0.15) is 0 Å². The maximum absolute atomic E-state index is 12.7. The van der Waals surface area contributed by atoms with Gasteiger partial charge in [0.1, 0.15) is 23.2 Å². The van der Waals surface area contributed by atoms with Crippen molar-refractivity contribution in [3.8, 4) is 0 Å². The number of rotatable bonds is 6. The lowest BCUT2D eigenvalue weighted by atomic mass is 9.94. The van der Waals surface area contributed by atoms with Crippen LogP contribution in [-0.4, -0.2) is 98.6 Å². The highest BCUT2D eigenvalue weighted by molar-refractivity contribution is 8.00. The Hall–Kier alpha value is -3.07. The van der Waals surface area contributed by atoms with Crippen LogP contribution in [0.25, 0.3) is 0 Å². The van der Waals surface area contributed by atoms with E-state index in [-0.39, 0.29) is 17.4 Å². The second-order valence-corrected chi connectivity index (χ2v) is 8.99. The number of thioether (sulfide) groups is 1. The van der Waals surface area contributed by atoms with Gasteiger partial charge < -0.3 is 35.9 Å². The van der Waals surface area contributed by atoms with Crippen LogP contribution in [0.4, 0.5) is 9.93 Å². The quantitative estimate of drug-likeness (QED) is 0.174. The van der Waals surface area contributed by atoms with Gasteiger partial charge in [-0.15, -0.1) is 23.1 Å². The summed E-state index contributed by atoms with van der Waals surface area (Å²) in [6, 6.07) is -2.21. The molecule has 0 radical (unpaired) electrons. The summed E-state index contributed by atoms with van der Waals surface area (Å²) in [5.74, 6) is -3.00. The Balaban J connectivity index is 1.68. The second kappa shape index (κ2) is 8.97. The minimum atomic E-state index is -1.23. The number of amides is 3. The van der Waals surface area contributed by atoms with Crippen LogP contribution in [0.2, 0.25) is 0 Å². The Morgan fingerprint density at radius 1 is 1.45 bits per heavy atom. The Labute approximate surface area is 184 Å². The average molecular weight is 473 g/mol. The minimum Gasteiger partial charge on any atom is -0.480 e. The van der Waals surface area contributed by atoms with Crippen molar-refractivity contribution in [3.05, 3.63) is 11.1 Å². The van der Waals surface area contributed by atoms with E-state index in [0.29, 0.717) is 5.75 Å². The van der Waals surface area contributed by atoms with Crippen molar-refractivity contribution in [1.29, 1.82) is 0 Å². The molecule has 2 aliphatic heterocycles. The molecule has 168 valence electrons. The Bertz CT molecular complexity index is 935. The van der Waals surface area contributed by atoms with E-state index in [0.717, 1.165) is 16.2 Å². The zero-order valence-corrected chi connectivity index (χ0v) is 18.1. The molecule has 31 heavy (non-hydrogen) atoms. The highest BCUT2D eigenvalue weighted by Gasteiger charge is 2.58. The van der Waals surface area contributed by atoms with Crippen molar-refractivity contribution >= 4 is 57.8 Å². The van der Waals surface area contributed by atoms with Crippen molar-refractivity contribution in [3.63, 3.8) is 0 Å². The maximum Gasteiger partial charge on any atom is 0.409 e. The minimum absolute atomic E-state index is 0.0496. The number of fused-ring (bicyclic) bond motifs is 1. The monoisotopic (exact) mass is 472 g/mol. The molecule has 2 saturated heterocycles. The topological polar surface area (TPSA) is 188 Å². The van der Waals surface area contributed by atoms with E-state index >= 15 is 0 Å². The predicted octanol–water partition coefficient (Wildman–Crippen LogP) is -0.929. The lowest BCUT2D eigenvalue weighted by molar-refractivity contribution is -0.165. The molecule has 1 aromatic rings. The zero-order chi connectivity index (χ0) is 22.9. The number of carboxylic acids is 1. The molecule has 3 heterocycles. The predicted molar refractivity (Wildman–Crippen MR) is 110 cm³/mol. The summed E-state index contributed by atoms with van der Waals surface area (Å²) < 4.78 is 5.10. The van der Waals surface area contributed by atoms with E-state index in [9.17, 15) is 29.5 Å². The average Bonchev–Trinajstić information content (AvgIpc) is 3.15. The third kappa shape index (κ3) is 4.36. The molecule has 5 N–H and O–H groups in total. The summed E-state index contributed by atoms with van der Waals surface area (Å²) in [5, 5.41) is 25.2. The Morgan fingerprint density at radius 3 is 2.71 bits per heavy atom. The summed E-state index contributed by atoms with van der Waals surface area (Å²) in [6.07, 6.45) is -0.616. The number of ether oxygens (including phenoxy) is 1. The Kier molecular flexibility index (Phi) is 6.54. The van der Waals surface area contributed by atoms with Gasteiger partial charge in [0.25, 0.3) is 5.91 Å². The van der Waals surface area contributed by atoms with E-state index in [2.05, 4.69) is 15.5 Å². The van der Waals surface area contributed by atoms with E-state index in [4.69, 9.17) is 10.5 Å². The Morgan fingerprint density at radius 2 is 2.16 bits per heavy atom. The normalized spacial score (nSPS) is 25.3. The molecule has 2 fully saturated rings. The lowest BCUT2D eigenvalue weighted by Crippen LogP contribution is -2.76. The summed E-state index contributed by atoms with van der Waals surface area (Å²) in [6.45, 7) is -0.166. The number of aromatic nitrogens is 1. The number of oxime groups is 1. The van der Waals surface area contributed by atoms with Gasteiger partial charge >= 0.3 is 12.1 Å². The van der Waals surface area contributed by atoms with E-state index in [1.165, 1.54) is 36.1 Å². The van der Waals surface area contributed by atoms with Crippen LogP contribution in [0, 0.1) is 5.92 Å². The molecule has 4 unspecified atom stereocenters.